The first-order chi connectivity index (χ1) is 12.6. The van der Waals surface area contributed by atoms with Crippen molar-refractivity contribution >= 4 is 0 Å². The molecule has 6 nitrogen and oxygen atoms in total. The lowest BCUT2D eigenvalue weighted by atomic mass is 10.0. The Morgan fingerprint density at radius 2 is 1.88 bits per heavy atom. The summed E-state index contributed by atoms with van der Waals surface area (Å²) in [5, 5.41) is 13.1. The molecule has 3 aromatic rings. The van der Waals surface area contributed by atoms with Gasteiger partial charge in [-0.05, 0) is 38.8 Å². The van der Waals surface area contributed by atoms with Crippen molar-refractivity contribution in [1.82, 2.24) is 24.9 Å². The largest absolute Gasteiger partial charge is 0.424 e. The predicted molar refractivity (Wildman–Crippen MR) is 98.6 cm³/mol. The average Bonchev–Trinajstić information content (AvgIpc) is 3.31. The van der Waals surface area contributed by atoms with Gasteiger partial charge in [-0.2, -0.15) is 5.10 Å². The van der Waals surface area contributed by atoms with E-state index in [4.69, 9.17) is 4.42 Å². The Hall–Kier alpha value is -2.47. The highest BCUT2D eigenvalue weighted by Crippen LogP contribution is 2.36. The fourth-order valence-electron chi connectivity index (χ4n) is 3.98. The smallest absolute Gasteiger partial charge is 0.230 e. The summed E-state index contributed by atoms with van der Waals surface area (Å²) in [6.45, 7) is 6.00. The average molecular weight is 351 g/mol. The minimum absolute atomic E-state index is 0.383. The second-order valence-corrected chi connectivity index (χ2v) is 7.09. The highest BCUT2D eigenvalue weighted by Gasteiger charge is 2.31. The van der Waals surface area contributed by atoms with Crippen molar-refractivity contribution < 1.29 is 4.42 Å². The minimum Gasteiger partial charge on any atom is -0.424 e. The topological polar surface area (TPSA) is 60.0 Å². The molecule has 3 heterocycles. The summed E-state index contributed by atoms with van der Waals surface area (Å²) in [7, 11) is 2.01. The van der Waals surface area contributed by atoms with Gasteiger partial charge in [-0.1, -0.05) is 30.3 Å². The van der Waals surface area contributed by atoms with E-state index in [1.807, 2.05) is 29.9 Å². The fraction of sp³-hybridized carbons (Fsp3) is 0.450. The number of hydrogen-bond acceptors (Lipinski definition) is 5. The molecule has 0 N–H and O–H groups in total. The Balaban J connectivity index is 1.48. The van der Waals surface area contributed by atoms with Crippen molar-refractivity contribution in [2.45, 2.75) is 45.7 Å². The number of aryl methyl sites for hydroxylation is 2. The number of rotatable bonds is 5. The third-order valence-corrected chi connectivity index (χ3v) is 5.31. The molecule has 1 saturated heterocycles. The highest BCUT2D eigenvalue weighted by molar-refractivity contribution is 5.29. The quantitative estimate of drug-likeness (QED) is 0.705. The summed E-state index contributed by atoms with van der Waals surface area (Å²) < 4.78 is 7.89. The van der Waals surface area contributed by atoms with Gasteiger partial charge in [-0.3, -0.25) is 9.58 Å². The highest BCUT2D eigenvalue weighted by atomic mass is 16.4. The monoisotopic (exact) mass is 351 g/mol. The van der Waals surface area contributed by atoms with Crippen molar-refractivity contribution in [1.29, 1.82) is 0 Å². The van der Waals surface area contributed by atoms with Crippen LogP contribution in [0.15, 0.2) is 34.7 Å². The van der Waals surface area contributed by atoms with E-state index < -0.39 is 0 Å². The summed E-state index contributed by atoms with van der Waals surface area (Å²) >= 11 is 0. The molecule has 136 valence electrons. The van der Waals surface area contributed by atoms with Gasteiger partial charge in [-0.15, -0.1) is 10.2 Å². The van der Waals surface area contributed by atoms with Crippen LogP contribution in [0.5, 0.6) is 0 Å². The number of likely N-dealkylation sites (tertiary alicyclic amines) is 1. The van der Waals surface area contributed by atoms with Crippen molar-refractivity contribution in [3.05, 3.63) is 64.6 Å². The van der Waals surface area contributed by atoms with Gasteiger partial charge >= 0.3 is 0 Å². The van der Waals surface area contributed by atoms with E-state index in [0.717, 1.165) is 18.7 Å². The van der Waals surface area contributed by atoms with E-state index in [-0.39, 0.29) is 0 Å². The van der Waals surface area contributed by atoms with Gasteiger partial charge in [-0.25, -0.2) is 0 Å². The van der Waals surface area contributed by atoms with E-state index in [1.54, 1.807) is 0 Å². The SMILES string of the molecule is Cc1nn(C)c(C)c1C1CCCN1Cc1nnc(Cc2ccccc2)o1. The Bertz CT molecular complexity index is 883. The van der Waals surface area contributed by atoms with Crippen molar-refractivity contribution in [2.75, 3.05) is 6.54 Å². The van der Waals surface area contributed by atoms with Crippen LogP contribution in [-0.2, 0) is 20.0 Å². The first-order valence-corrected chi connectivity index (χ1v) is 9.21. The number of benzene rings is 1. The van der Waals surface area contributed by atoms with Crippen LogP contribution in [0, 0.1) is 13.8 Å². The molecule has 1 unspecified atom stereocenters. The Kier molecular flexibility index (Phi) is 4.59. The lowest BCUT2D eigenvalue weighted by molar-refractivity contribution is 0.220. The van der Waals surface area contributed by atoms with Crippen LogP contribution in [-0.4, -0.2) is 31.4 Å². The standard InChI is InChI=1S/C20H25N5O/c1-14-20(15(2)24(3)23-14)17-10-7-11-25(17)13-19-22-21-18(26-19)12-16-8-5-4-6-9-16/h4-6,8-9,17H,7,10-13H2,1-3H3. The zero-order valence-electron chi connectivity index (χ0n) is 15.6. The van der Waals surface area contributed by atoms with Gasteiger partial charge in [0.05, 0.1) is 18.7 Å². The molecule has 0 aliphatic carbocycles. The summed E-state index contributed by atoms with van der Waals surface area (Å²) in [6.07, 6.45) is 3.01. The molecule has 1 aromatic carbocycles. The maximum Gasteiger partial charge on any atom is 0.230 e. The van der Waals surface area contributed by atoms with Crippen LogP contribution < -0.4 is 0 Å². The molecule has 0 spiro atoms. The van der Waals surface area contributed by atoms with Crippen LogP contribution in [0.3, 0.4) is 0 Å². The van der Waals surface area contributed by atoms with E-state index in [1.165, 1.54) is 23.2 Å². The third kappa shape index (κ3) is 3.29. The van der Waals surface area contributed by atoms with E-state index in [2.05, 4.69) is 46.2 Å². The molecule has 1 aliphatic rings. The van der Waals surface area contributed by atoms with Crippen LogP contribution >= 0.6 is 0 Å². The van der Waals surface area contributed by atoms with Gasteiger partial charge in [0.2, 0.25) is 11.8 Å². The maximum absolute atomic E-state index is 5.91. The summed E-state index contributed by atoms with van der Waals surface area (Å²) in [4.78, 5) is 2.44. The van der Waals surface area contributed by atoms with Crippen molar-refractivity contribution in [3.63, 3.8) is 0 Å². The minimum atomic E-state index is 0.383. The molecule has 2 aromatic heterocycles. The normalized spacial score (nSPS) is 17.9. The van der Waals surface area contributed by atoms with E-state index in [9.17, 15) is 0 Å². The van der Waals surface area contributed by atoms with Crippen molar-refractivity contribution in [2.24, 2.45) is 7.05 Å². The maximum atomic E-state index is 5.91. The Labute approximate surface area is 153 Å². The van der Waals surface area contributed by atoms with Crippen LogP contribution in [0.2, 0.25) is 0 Å². The number of aromatic nitrogens is 4. The fourth-order valence-corrected chi connectivity index (χ4v) is 3.98. The summed E-state index contributed by atoms with van der Waals surface area (Å²) in [5.74, 6) is 1.37. The summed E-state index contributed by atoms with van der Waals surface area (Å²) in [6, 6.07) is 10.6. The lowest BCUT2D eigenvalue weighted by Crippen LogP contribution is -2.23. The second kappa shape index (κ2) is 7.03. The molecule has 4 rings (SSSR count). The zero-order chi connectivity index (χ0) is 18.1. The third-order valence-electron chi connectivity index (χ3n) is 5.31. The van der Waals surface area contributed by atoms with E-state index in [0.29, 0.717) is 30.8 Å². The number of hydrogen-bond donors (Lipinski definition) is 0. The zero-order valence-corrected chi connectivity index (χ0v) is 15.6. The first-order valence-electron chi connectivity index (χ1n) is 9.21. The van der Waals surface area contributed by atoms with Gasteiger partial charge in [0.15, 0.2) is 0 Å². The molecule has 0 radical (unpaired) electrons. The summed E-state index contributed by atoms with van der Waals surface area (Å²) in [5.41, 5.74) is 4.91. The van der Waals surface area contributed by atoms with Crippen LogP contribution in [0.1, 0.15) is 53.2 Å². The van der Waals surface area contributed by atoms with Gasteiger partial charge in [0.25, 0.3) is 0 Å². The predicted octanol–water partition coefficient (Wildman–Crippen LogP) is 3.35. The van der Waals surface area contributed by atoms with Gasteiger partial charge in [0.1, 0.15) is 0 Å². The van der Waals surface area contributed by atoms with Crippen LogP contribution in [0.4, 0.5) is 0 Å². The Morgan fingerprint density at radius 1 is 1.12 bits per heavy atom. The molecule has 1 atom stereocenters. The van der Waals surface area contributed by atoms with E-state index >= 15 is 0 Å². The first kappa shape index (κ1) is 17.0. The molecule has 0 amide bonds. The molecular weight excluding hydrogens is 326 g/mol. The van der Waals surface area contributed by atoms with Gasteiger partial charge < -0.3 is 4.42 Å². The van der Waals surface area contributed by atoms with Crippen molar-refractivity contribution in [3.8, 4) is 0 Å². The molecular formula is C20H25N5O. The molecule has 6 heteroatoms. The molecule has 0 saturated carbocycles. The molecule has 26 heavy (non-hydrogen) atoms. The lowest BCUT2D eigenvalue weighted by Gasteiger charge is -2.23. The van der Waals surface area contributed by atoms with Gasteiger partial charge in [0, 0.05) is 24.3 Å². The molecule has 0 bridgehead atoms. The van der Waals surface area contributed by atoms with Crippen LogP contribution in [0.25, 0.3) is 0 Å². The molecule has 1 fully saturated rings. The Morgan fingerprint density at radius 3 is 2.62 bits per heavy atom. The second-order valence-electron chi connectivity index (χ2n) is 7.09. The molecule has 1 aliphatic heterocycles. The number of nitrogens with zero attached hydrogens (tertiary/aromatic N) is 5.